The van der Waals surface area contributed by atoms with Crippen LogP contribution in [0.5, 0.6) is 0 Å². The smallest absolute Gasteiger partial charge is 0.322 e. The van der Waals surface area contributed by atoms with Gasteiger partial charge in [-0.25, -0.2) is 4.79 Å². The molecule has 0 radical (unpaired) electrons. The molecular weight excluding hydrogens is 316 g/mol. The molecule has 6 heteroatoms. The molecule has 1 saturated carbocycles. The highest BCUT2D eigenvalue weighted by Crippen LogP contribution is 2.50. The molecule has 1 fully saturated rings. The average Bonchev–Trinajstić information content (AvgIpc) is 3.34. The number of fused-ring (bicyclic) bond motifs is 2. The van der Waals surface area contributed by atoms with E-state index in [1.165, 1.54) is 18.4 Å². The number of urea groups is 1. The van der Waals surface area contributed by atoms with E-state index in [1.54, 1.807) is 6.92 Å². The quantitative estimate of drug-likeness (QED) is 0.920. The van der Waals surface area contributed by atoms with E-state index >= 15 is 0 Å². The van der Waals surface area contributed by atoms with Crippen molar-refractivity contribution in [2.24, 2.45) is 0 Å². The fourth-order valence-electron chi connectivity index (χ4n) is 4.32. The van der Waals surface area contributed by atoms with E-state index in [2.05, 4.69) is 33.7 Å². The number of anilines is 1. The number of nitrogens with one attached hydrogen (secondary N) is 1. The van der Waals surface area contributed by atoms with Gasteiger partial charge in [0, 0.05) is 24.6 Å². The van der Waals surface area contributed by atoms with Crippen molar-refractivity contribution in [3.8, 4) is 0 Å². The van der Waals surface area contributed by atoms with Crippen LogP contribution in [-0.4, -0.2) is 22.7 Å². The topological polar surface area (TPSA) is 71.3 Å². The first-order valence-electron chi connectivity index (χ1n) is 9.11. The van der Waals surface area contributed by atoms with Crippen molar-refractivity contribution in [1.82, 2.24) is 15.5 Å². The fourth-order valence-corrected chi connectivity index (χ4v) is 4.32. The molecule has 132 valence electrons. The third-order valence-electron chi connectivity index (χ3n) is 5.59. The van der Waals surface area contributed by atoms with Gasteiger partial charge >= 0.3 is 6.03 Å². The summed E-state index contributed by atoms with van der Waals surface area (Å²) >= 11 is 0. The summed E-state index contributed by atoms with van der Waals surface area (Å²) in [7, 11) is 0. The van der Waals surface area contributed by atoms with Gasteiger partial charge in [0.15, 0.2) is 5.82 Å². The number of benzene rings is 1. The summed E-state index contributed by atoms with van der Waals surface area (Å²) in [5, 5.41) is 7.05. The van der Waals surface area contributed by atoms with Gasteiger partial charge < -0.3 is 9.84 Å². The van der Waals surface area contributed by atoms with Crippen LogP contribution >= 0.6 is 0 Å². The van der Waals surface area contributed by atoms with Gasteiger partial charge in [-0.15, -0.1) is 0 Å². The molecule has 6 nitrogen and oxygen atoms in total. The highest BCUT2D eigenvalue weighted by Gasteiger charge is 2.46. The number of carbonyl (C=O) groups is 1. The molecule has 1 aromatic carbocycles. The van der Waals surface area contributed by atoms with Crippen molar-refractivity contribution in [2.75, 3.05) is 11.4 Å². The molecule has 0 unspecified atom stereocenters. The molecule has 0 saturated heterocycles. The van der Waals surface area contributed by atoms with Gasteiger partial charge in [0.2, 0.25) is 5.89 Å². The number of carbonyl (C=O) groups excluding carboxylic acids is 1. The number of amides is 2. The second kappa shape index (κ2) is 6.17. The predicted octanol–water partition coefficient (Wildman–Crippen LogP) is 3.87. The maximum absolute atomic E-state index is 13.0. The molecule has 2 amide bonds. The molecule has 25 heavy (non-hydrogen) atoms. The highest BCUT2D eigenvalue weighted by atomic mass is 16.5. The number of nitrogens with zero attached hydrogens (tertiary/aromatic N) is 3. The number of aromatic nitrogens is 2. The molecule has 1 aromatic heterocycles. The van der Waals surface area contributed by atoms with Crippen molar-refractivity contribution < 1.29 is 9.32 Å². The Balaban J connectivity index is 1.58. The monoisotopic (exact) mass is 340 g/mol. The van der Waals surface area contributed by atoms with Crippen LogP contribution in [-0.2, 0) is 5.41 Å². The first kappa shape index (κ1) is 16.1. The Morgan fingerprint density at radius 2 is 2.12 bits per heavy atom. The van der Waals surface area contributed by atoms with E-state index < -0.39 is 0 Å². The Hall–Kier alpha value is -2.37. The zero-order valence-corrected chi connectivity index (χ0v) is 14.8. The molecule has 2 aromatic rings. The first-order chi connectivity index (χ1) is 12.1. The van der Waals surface area contributed by atoms with Crippen LogP contribution in [0.1, 0.15) is 62.3 Å². The van der Waals surface area contributed by atoms with Gasteiger partial charge in [-0.05, 0) is 30.9 Å². The van der Waals surface area contributed by atoms with E-state index in [0.717, 1.165) is 25.1 Å². The third kappa shape index (κ3) is 2.69. The van der Waals surface area contributed by atoms with Crippen molar-refractivity contribution in [3.63, 3.8) is 0 Å². The van der Waals surface area contributed by atoms with Gasteiger partial charge in [-0.1, -0.05) is 43.1 Å². The van der Waals surface area contributed by atoms with Crippen LogP contribution in [0.3, 0.4) is 0 Å². The Labute approximate surface area is 147 Å². The van der Waals surface area contributed by atoms with Crippen molar-refractivity contribution in [3.05, 3.63) is 41.5 Å². The molecule has 4 rings (SSSR count). The van der Waals surface area contributed by atoms with Gasteiger partial charge in [0.25, 0.3) is 0 Å². The summed E-state index contributed by atoms with van der Waals surface area (Å²) in [6, 6.07) is 8.02. The van der Waals surface area contributed by atoms with Gasteiger partial charge in [0.05, 0.1) is 6.04 Å². The summed E-state index contributed by atoms with van der Waals surface area (Å²) in [6.45, 7) is 4.53. The summed E-state index contributed by atoms with van der Waals surface area (Å²) in [5.74, 6) is 1.05. The second-order valence-electron chi connectivity index (χ2n) is 7.17. The Morgan fingerprint density at radius 3 is 2.80 bits per heavy atom. The van der Waals surface area contributed by atoms with Crippen LogP contribution in [0.25, 0.3) is 0 Å². The first-order valence-corrected chi connectivity index (χ1v) is 9.11. The van der Waals surface area contributed by atoms with E-state index in [0.29, 0.717) is 18.1 Å². The Morgan fingerprint density at radius 1 is 1.36 bits per heavy atom. The third-order valence-corrected chi connectivity index (χ3v) is 5.59. The van der Waals surface area contributed by atoms with E-state index in [9.17, 15) is 4.79 Å². The minimum atomic E-state index is -0.239. The lowest BCUT2D eigenvalue weighted by molar-refractivity contribution is 0.240. The SMILES string of the molecule is CC[C@@H](NC(=O)N1CC2(CCCC2)c2ccccc21)c1noc(C)n1. The van der Waals surface area contributed by atoms with Gasteiger partial charge in [-0.3, -0.25) is 4.90 Å². The minimum absolute atomic E-state index is 0.0782. The highest BCUT2D eigenvalue weighted by molar-refractivity contribution is 5.95. The molecule has 1 spiro atoms. The predicted molar refractivity (Wildman–Crippen MR) is 94.5 cm³/mol. The van der Waals surface area contributed by atoms with E-state index in [4.69, 9.17) is 4.52 Å². The molecule has 2 aliphatic rings. The molecule has 1 N–H and O–H groups in total. The van der Waals surface area contributed by atoms with Crippen molar-refractivity contribution in [1.29, 1.82) is 0 Å². The van der Waals surface area contributed by atoms with Gasteiger partial charge in [0.1, 0.15) is 0 Å². The molecule has 0 bridgehead atoms. The summed E-state index contributed by atoms with van der Waals surface area (Å²) in [4.78, 5) is 19.2. The van der Waals surface area contributed by atoms with Crippen LogP contribution in [0.15, 0.2) is 28.8 Å². The maximum Gasteiger partial charge on any atom is 0.322 e. The van der Waals surface area contributed by atoms with Crippen LogP contribution in [0.4, 0.5) is 10.5 Å². The van der Waals surface area contributed by atoms with E-state index in [1.807, 2.05) is 17.9 Å². The average molecular weight is 340 g/mol. The van der Waals surface area contributed by atoms with Crippen molar-refractivity contribution >= 4 is 11.7 Å². The minimum Gasteiger partial charge on any atom is -0.340 e. The summed E-state index contributed by atoms with van der Waals surface area (Å²) < 4.78 is 5.06. The fraction of sp³-hybridized carbons (Fsp3) is 0.526. The lowest BCUT2D eigenvalue weighted by Gasteiger charge is -2.25. The molecule has 2 heterocycles. The number of rotatable bonds is 3. The van der Waals surface area contributed by atoms with Crippen LogP contribution in [0, 0.1) is 6.92 Å². The Kier molecular flexibility index (Phi) is 3.98. The molecule has 1 aliphatic heterocycles. The Bertz CT molecular complexity index is 779. The second-order valence-corrected chi connectivity index (χ2v) is 7.17. The largest absolute Gasteiger partial charge is 0.340 e. The number of para-hydroxylation sites is 1. The summed E-state index contributed by atoms with van der Waals surface area (Å²) in [5.41, 5.74) is 2.51. The number of hydrogen-bond donors (Lipinski definition) is 1. The maximum atomic E-state index is 13.0. The van der Waals surface area contributed by atoms with E-state index in [-0.39, 0.29) is 17.5 Å². The number of aryl methyl sites for hydroxylation is 1. The standard InChI is InChI=1S/C19H24N4O2/c1-3-15(17-20-13(2)25-22-17)21-18(24)23-12-19(10-6-7-11-19)14-8-4-5-9-16(14)23/h4-5,8-9,15H,3,6-7,10-12H2,1-2H3,(H,21,24)/t15-/m1/s1. The zero-order chi connectivity index (χ0) is 17.4. The lowest BCUT2D eigenvalue weighted by Crippen LogP contribution is -2.43. The van der Waals surface area contributed by atoms with Gasteiger partial charge in [-0.2, -0.15) is 4.98 Å². The van der Waals surface area contributed by atoms with Crippen molar-refractivity contribution in [2.45, 2.75) is 57.4 Å². The lowest BCUT2D eigenvalue weighted by atomic mass is 9.81. The molecule has 1 atom stereocenters. The zero-order valence-electron chi connectivity index (χ0n) is 14.8. The summed E-state index contributed by atoms with van der Waals surface area (Å²) in [6.07, 6.45) is 5.52. The van der Waals surface area contributed by atoms with Crippen LogP contribution in [0.2, 0.25) is 0 Å². The molecule has 1 aliphatic carbocycles. The number of hydrogen-bond acceptors (Lipinski definition) is 4. The molecular formula is C19H24N4O2. The normalized spacial score (nSPS) is 19.2. The van der Waals surface area contributed by atoms with Crippen LogP contribution < -0.4 is 10.2 Å².